The smallest absolute Gasteiger partial charge is 0.235 e. The Balaban J connectivity index is 2.65. The molecule has 1 aromatic carbocycles. The lowest BCUT2D eigenvalue weighted by Crippen LogP contribution is -1.90. The Kier molecular flexibility index (Phi) is 4.01. The van der Waals surface area contributed by atoms with Crippen molar-refractivity contribution in [1.82, 2.24) is 4.98 Å². The fourth-order valence-electron chi connectivity index (χ4n) is 1.60. The molecule has 0 saturated carbocycles. The summed E-state index contributed by atoms with van der Waals surface area (Å²) in [7, 11) is 1.56. The summed E-state index contributed by atoms with van der Waals surface area (Å²) >= 11 is 9.40. The third-order valence-corrected chi connectivity index (χ3v) is 3.59. The van der Waals surface area contributed by atoms with Crippen LogP contribution >= 0.6 is 27.5 Å². The molecule has 2 rings (SSSR count). The Bertz CT molecular complexity index is 688. The molecule has 98 valence electrons. The quantitative estimate of drug-likeness (QED) is 0.481. The van der Waals surface area contributed by atoms with Crippen molar-refractivity contribution < 1.29 is 9.66 Å². The van der Waals surface area contributed by atoms with Crippen LogP contribution in [0.25, 0.3) is 17.0 Å². The monoisotopic (exact) mass is 342 g/mol. The molecule has 2 aromatic rings. The number of pyridine rings is 1. The fourth-order valence-corrected chi connectivity index (χ4v) is 2.42. The summed E-state index contributed by atoms with van der Waals surface area (Å²) in [6.07, 6.45) is 2.13. The van der Waals surface area contributed by atoms with Gasteiger partial charge in [0.25, 0.3) is 0 Å². The Morgan fingerprint density at radius 3 is 2.89 bits per heavy atom. The van der Waals surface area contributed by atoms with Crippen LogP contribution in [-0.4, -0.2) is 17.0 Å². The van der Waals surface area contributed by atoms with Gasteiger partial charge in [0.15, 0.2) is 0 Å². The third-order valence-electron chi connectivity index (χ3n) is 2.47. The van der Waals surface area contributed by atoms with E-state index >= 15 is 0 Å². The van der Waals surface area contributed by atoms with E-state index in [9.17, 15) is 10.1 Å². The minimum absolute atomic E-state index is 0.211. The van der Waals surface area contributed by atoms with Crippen molar-refractivity contribution in [3.05, 3.63) is 49.7 Å². The normalized spacial score (nSPS) is 11.1. The molecule has 0 bridgehead atoms. The number of nitro groups is 1. The van der Waals surface area contributed by atoms with Gasteiger partial charge in [-0.25, -0.2) is 4.98 Å². The molecule has 0 saturated heterocycles. The highest BCUT2D eigenvalue weighted by atomic mass is 79.9. The van der Waals surface area contributed by atoms with E-state index in [0.29, 0.717) is 16.8 Å². The zero-order valence-corrected chi connectivity index (χ0v) is 12.1. The molecule has 5 nitrogen and oxygen atoms in total. The second kappa shape index (κ2) is 5.54. The topological polar surface area (TPSA) is 65.3 Å². The second-order valence-electron chi connectivity index (χ2n) is 3.62. The highest BCUT2D eigenvalue weighted by molar-refractivity contribution is 9.10. The van der Waals surface area contributed by atoms with Gasteiger partial charge in [0.1, 0.15) is 10.9 Å². The number of aromatic nitrogens is 1. The van der Waals surface area contributed by atoms with Gasteiger partial charge in [-0.15, -0.1) is 0 Å². The van der Waals surface area contributed by atoms with Crippen LogP contribution in [0.3, 0.4) is 0 Å². The number of halogens is 2. The standard InChI is InChI=1S/C12H8BrClN2O3/c1-19-10-3-2-9-8(11(10)13)6-7(12(14)15-9)4-5-16(17)18/h2-6H,1H3/b5-4+. The lowest BCUT2D eigenvalue weighted by Gasteiger charge is -2.07. The minimum atomic E-state index is -0.554. The molecule has 0 amide bonds. The summed E-state index contributed by atoms with van der Waals surface area (Å²) in [5.41, 5.74) is 1.15. The van der Waals surface area contributed by atoms with Crippen molar-refractivity contribution in [2.45, 2.75) is 0 Å². The molecule has 0 aliphatic rings. The first-order chi connectivity index (χ1) is 9.02. The number of hydrogen-bond donors (Lipinski definition) is 0. The summed E-state index contributed by atoms with van der Waals surface area (Å²) in [5, 5.41) is 11.3. The number of ether oxygens (including phenoxy) is 1. The maximum atomic E-state index is 10.3. The fraction of sp³-hybridized carbons (Fsp3) is 0.0833. The molecule has 0 unspecified atom stereocenters. The van der Waals surface area contributed by atoms with Crippen LogP contribution in [0.2, 0.25) is 5.15 Å². The van der Waals surface area contributed by atoms with Crippen molar-refractivity contribution in [1.29, 1.82) is 0 Å². The molecule has 7 heteroatoms. The van der Waals surface area contributed by atoms with Crippen molar-refractivity contribution in [2.24, 2.45) is 0 Å². The lowest BCUT2D eigenvalue weighted by molar-refractivity contribution is -0.400. The van der Waals surface area contributed by atoms with Crippen molar-refractivity contribution >= 4 is 44.5 Å². The van der Waals surface area contributed by atoms with Gasteiger partial charge in [0, 0.05) is 17.0 Å². The third kappa shape index (κ3) is 2.85. The van der Waals surface area contributed by atoms with Gasteiger partial charge in [0.05, 0.1) is 22.0 Å². The van der Waals surface area contributed by atoms with Crippen LogP contribution < -0.4 is 4.74 Å². The van der Waals surface area contributed by atoms with Gasteiger partial charge in [-0.2, -0.15) is 0 Å². The number of nitrogens with zero attached hydrogens (tertiary/aromatic N) is 2. The number of fused-ring (bicyclic) bond motifs is 1. The van der Waals surface area contributed by atoms with Crippen molar-refractivity contribution in [3.63, 3.8) is 0 Å². The van der Waals surface area contributed by atoms with Gasteiger partial charge in [-0.3, -0.25) is 10.1 Å². The van der Waals surface area contributed by atoms with Gasteiger partial charge in [-0.1, -0.05) is 11.6 Å². The van der Waals surface area contributed by atoms with E-state index in [0.717, 1.165) is 16.1 Å². The van der Waals surface area contributed by atoms with E-state index in [2.05, 4.69) is 20.9 Å². The van der Waals surface area contributed by atoms with Gasteiger partial charge in [0.2, 0.25) is 6.20 Å². The summed E-state index contributed by atoms with van der Waals surface area (Å²) in [5.74, 6) is 0.654. The first kappa shape index (κ1) is 13.8. The zero-order chi connectivity index (χ0) is 14.0. The SMILES string of the molecule is COc1ccc2nc(Cl)c(/C=C/[N+](=O)[O-])cc2c1Br. The van der Waals surface area contributed by atoms with Crippen LogP contribution in [0.15, 0.2) is 28.9 Å². The van der Waals surface area contributed by atoms with E-state index in [-0.39, 0.29) is 5.15 Å². The number of benzene rings is 1. The molecular weight excluding hydrogens is 335 g/mol. The summed E-state index contributed by atoms with van der Waals surface area (Å²) in [6, 6.07) is 5.26. The molecule has 1 heterocycles. The lowest BCUT2D eigenvalue weighted by atomic mass is 10.1. The maximum Gasteiger partial charge on any atom is 0.235 e. The molecule has 0 N–H and O–H groups in total. The van der Waals surface area contributed by atoms with Crippen LogP contribution in [0, 0.1) is 10.1 Å². The van der Waals surface area contributed by atoms with Crippen molar-refractivity contribution in [2.75, 3.05) is 7.11 Å². The average Bonchev–Trinajstić information content (AvgIpc) is 2.37. The highest BCUT2D eigenvalue weighted by Gasteiger charge is 2.10. The molecule has 0 atom stereocenters. The molecule has 0 aliphatic heterocycles. The zero-order valence-electron chi connectivity index (χ0n) is 9.76. The predicted molar refractivity (Wildman–Crippen MR) is 77.0 cm³/mol. The Morgan fingerprint density at radius 2 is 2.26 bits per heavy atom. The van der Waals surface area contributed by atoms with Crippen LogP contribution in [-0.2, 0) is 0 Å². The highest BCUT2D eigenvalue weighted by Crippen LogP contribution is 2.34. The first-order valence-electron chi connectivity index (χ1n) is 5.17. The van der Waals surface area contributed by atoms with Crippen LogP contribution in [0.4, 0.5) is 0 Å². The van der Waals surface area contributed by atoms with Crippen LogP contribution in [0.1, 0.15) is 5.56 Å². The van der Waals surface area contributed by atoms with E-state index in [1.54, 1.807) is 25.3 Å². The molecule has 0 fully saturated rings. The predicted octanol–water partition coefficient (Wildman–Crippen LogP) is 3.91. The largest absolute Gasteiger partial charge is 0.496 e. The summed E-state index contributed by atoms with van der Waals surface area (Å²) in [4.78, 5) is 14.0. The molecular formula is C12H8BrClN2O3. The van der Waals surface area contributed by atoms with Gasteiger partial charge >= 0.3 is 0 Å². The van der Waals surface area contributed by atoms with Gasteiger partial charge in [-0.05, 0) is 34.1 Å². The number of methoxy groups -OCH3 is 1. The summed E-state index contributed by atoms with van der Waals surface area (Å²) < 4.78 is 5.92. The second-order valence-corrected chi connectivity index (χ2v) is 4.77. The number of rotatable bonds is 3. The average molecular weight is 344 g/mol. The Morgan fingerprint density at radius 1 is 1.53 bits per heavy atom. The Labute approximate surface area is 122 Å². The minimum Gasteiger partial charge on any atom is -0.496 e. The van der Waals surface area contributed by atoms with E-state index < -0.39 is 4.92 Å². The first-order valence-corrected chi connectivity index (χ1v) is 6.34. The molecule has 0 aliphatic carbocycles. The van der Waals surface area contributed by atoms with Crippen LogP contribution in [0.5, 0.6) is 5.75 Å². The molecule has 0 radical (unpaired) electrons. The van der Waals surface area contributed by atoms with E-state index in [4.69, 9.17) is 16.3 Å². The van der Waals surface area contributed by atoms with E-state index in [1.165, 1.54) is 6.08 Å². The molecule has 19 heavy (non-hydrogen) atoms. The Hall–Kier alpha value is -1.66. The van der Waals surface area contributed by atoms with E-state index in [1.807, 2.05) is 0 Å². The summed E-state index contributed by atoms with van der Waals surface area (Å²) in [6.45, 7) is 0. The molecule has 1 aromatic heterocycles. The number of hydrogen-bond acceptors (Lipinski definition) is 4. The van der Waals surface area contributed by atoms with Gasteiger partial charge < -0.3 is 4.74 Å². The van der Waals surface area contributed by atoms with Crippen molar-refractivity contribution in [3.8, 4) is 5.75 Å². The maximum absolute atomic E-state index is 10.3. The molecule has 0 spiro atoms.